The zero-order valence-electron chi connectivity index (χ0n) is 12.8. The van der Waals surface area contributed by atoms with E-state index in [0.717, 1.165) is 40.8 Å². The number of halogens is 1. The average Bonchev–Trinajstić information content (AvgIpc) is 2.77. The Morgan fingerprint density at radius 3 is 2.70 bits per heavy atom. The number of hydrogen-bond donors (Lipinski definition) is 1. The highest BCUT2D eigenvalue weighted by Gasteiger charge is 2.21. The molecule has 0 bridgehead atoms. The maximum absolute atomic E-state index is 6.17. The highest BCUT2D eigenvalue weighted by atomic mass is 35.5. The Morgan fingerprint density at radius 1 is 1.00 bits per heavy atom. The molecule has 4 heteroatoms. The van der Waals surface area contributed by atoms with Crippen molar-refractivity contribution in [2.75, 3.05) is 11.9 Å². The number of nitrogens with zero attached hydrogens (tertiary/aromatic N) is 2. The van der Waals surface area contributed by atoms with E-state index in [1.807, 2.05) is 35.0 Å². The van der Waals surface area contributed by atoms with Crippen LogP contribution >= 0.6 is 11.6 Å². The minimum atomic E-state index is 0.724. The van der Waals surface area contributed by atoms with E-state index >= 15 is 0 Å². The minimum absolute atomic E-state index is 0.724. The van der Waals surface area contributed by atoms with E-state index in [1.165, 1.54) is 18.4 Å². The van der Waals surface area contributed by atoms with Gasteiger partial charge in [0.15, 0.2) is 0 Å². The highest BCUT2D eigenvalue weighted by molar-refractivity contribution is 6.30. The van der Waals surface area contributed by atoms with Gasteiger partial charge in [0, 0.05) is 22.7 Å². The molecule has 0 saturated carbocycles. The quantitative estimate of drug-likeness (QED) is 0.723. The Balaban J connectivity index is 1.92. The second-order valence-corrected chi connectivity index (χ2v) is 6.25. The van der Waals surface area contributed by atoms with Gasteiger partial charge in [-0.3, -0.25) is 0 Å². The average molecular weight is 324 g/mol. The largest absolute Gasteiger partial charge is 0.370 e. The van der Waals surface area contributed by atoms with Crippen molar-refractivity contribution in [1.29, 1.82) is 0 Å². The van der Waals surface area contributed by atoms with Crippen molar-refractivity contribution in [3.8, 4) is 16.9 Å². The Labute approximate surface area is 140 Å². The van der Waals surface area contributed by atoms with Gasteiger partial charge in [-0.2, -0.15) is 5.10 Å². The second-order valence-electron chi connectivity index (χ2n) is 5.82. The Hall–Kier alpha value is -2.26. The molecular weight excluding hydrogens is 306 g/mol. The van der Waals surface area contributed by atoms with Crippen molar-refractivity contribution in [3.63, 3.8) is 0 Å². The molecule has 2 aromatic carbocycles. The molecule has 0 spiro atoms. The fraction of sp³-hybridized carbons (Fsp3) is 0.211. The molecule has 116 valence electrons. The fourth-order valence-corrected chi connectivity index (χ4v) is 3.31. The van der Waals surface area contributed by atoms with E-state index in [9.17, 15) is 0 Å². The van der Waals surface area contributed by atoms with Crippen LogP contribution in [0, 0.1) is 0 Å². The van der Waals surface area contributed by atoms with Crippen LogP contribution in [0.4, 0.5) is 5.82 Å². The number of aromatic nitrogens is 2. The molecule has 3 nitrogen and oxygen atoms in total. The topological polar surface area (TPSA) is 29.9 Å². The molecule has 2 heterocycles. The van der Waals surface area contributed by atoms with Crippen LogP contribution in [-0.4, -0.2) is 16.3 Å². The molecule has 4 rings (SSSR count). The van der Waals surface area contributed by atoms with Crippen molar-refractivity contribution in [2.24, 2.45) is 0 Å². The van der Waals surface area contributed by atoms with Gasteiger partial charge < -0.3 is 5.32 Å². The smallest absolute Gasteiger partial charge is 0.133 e. The highest BCUT2D eigenvalue weighted by Crippen LogP contribution is 2.34. The van der Waals surface area contributed by atoms with Crippen molar-refractivity contribution < 1.29 is 0 Å². The summed E-state index contributed by atoms with van der Waals surface area (Å²) in [5.41, 5.74) is 4.52. The van der Waals surface area contributed by atoms with E-state index in [4.69, 9.17) is 16.7 Å². The molecule has 1 aromatic heterocycles. The van der Waals surface area contributed by atoms with E-state index in [1.54, 1.807) is 0 Å². The summed E-state index contributed by atoms with van der Waals surface area (Å²) in [4.78, 5) is 0. The first-order chi connectivity index (χ1) is 11.3. The third-order valence-corrected chi connectivity index (χ3v) is 4.46. The van der Waals surface area contributed by atoms with Crippen LogP contribution in [0.25, 0.3) is 16.9 Å². The van der Waals surface area contributed by atoms with Gasteiger partial charge >= 0.3 is 0 Å². The second kappa shape index (κ2) is 6.09. The lowest BCUT2D eigenvalue weighted by Gasteiger charge is -2.09. The van der Waals surface area contributed by atoms with Gasteiger partial charge in [-0.25, -0.2) is 4.68 Å². The fourth-order valence-electron chi connectivity index (χ4n) is 3.12. The maximum Gasteiger partial charge on any atom is 0.133 e. The van der Waals surface area contributed by atoms with Crippen LogP contribution in [0.2, 0.25) is 5.02 Å². The van der Waals surface area contributed by atoms with Crippen LogP contribution in [0.5, 0.6) is 0 Å². The number of nitrogens with one attached hydrogen (secondary N) is 1. The van der Waals surface area contributed by atoms with Gasteiger partial charge in [0.05, 0.1) is 11.4 Å². The van der Waals surface area contributed by atoms with Crippen molar-refractivity contribution in [2.45, 2.75) is 19.3 Å². The summed E-state index contributed by atoms with van der Waals surface area (Å²) < 4.78 is 1.99. The Morgan fingerprint density at radius 2 is 1.87 bits per heavy atom. The zero-order chi connectivity index (χ0) is 15.6. The monoisotopic (exact) mass is 323 g/mol. The van der Waals surface area contributed by atoms with Gasteiger partial charge in [-0.05, 0) is 37.5 Å². The predicted octanol–water partition coefficient (Wildman–Crippen LogP) is 4.94. The van der Waals surface area contributed by atoms with Gasteiger partial charge in [-0.15, -0.1) is 0 Å². The zero-order valence-corrected chi connectivity index (χ0v) is 13.6. The number of rotatable bonds is 2. The summed E-state index contributed by atoms with van der Waals surface area (Å²) in [5.74, 6) is 1.10. The molecule has 0 saturated heterocycles. The molecule has 0 atom stereocenters. The molecule has 1 N–H and O–H groups in total. The lowest BCUT2D eigenvalue weighted by Crippen LogP contribution is -2.07. The van der Waals surface area contributed by atoms with E-state index in [2.05, 4.69) is 29.6 Å². The Kier molecular flexibility index (Phi) is 3.80. The van der Waals surface area contributed by atoms with E-state index in [0.29, 0.717) is 0 Å². The third kappa shape index (κ3) is 2.73. The third-order valence-electron chi connectivity index (χ3n) is 4.23. The number of fused-ring (bicyclic) bond motifs is 1. The van der Waals surface area contributed by atoms with Gasteiger partial charge in [0.25, 0.3) is 0 Å². The molecule has 0 aliphatic carbocycles. The maximum atomic E-state index is 6.17. The van der Waals surface area contributed by atoms with Crippen molar-refractivity contribution in [3.05, 3.63) is 65.2 Å². The van der Waals surface area contributed by atoms with Crippen LogP contribution in [-0.2, 0) is 6.42 Å². The summed E-state index contributed by atoms with van der Waals surface area (Å²) in [7, 11) is 0. The van der Waals surface area contributed by atoms with Gasteiger partial charge in [0.2, 0.25) is 0 Å². The first-order valence-electron chi connectivity index (χ1n) is 8.00. The number of anilines is 1. The van der Waals surface area contributed by atoms with Gasteiger partial charge in [0.1, 0.15) is 5.82 Å². The molecule has 3 aromatic rings. The lowest BCUT2D eigenvalue weighted by molar-refractivity contribution is 0.780. The first-order valence-corrected chi connectivity index (χ1v) is 8.38. The summed E-state index contributed by atoms with van der Waals surface area (Å²) in [6.07, 6.45) is 3.41. The molecule has 0 unspecified atom stereocenters. The lowest BCUT2D eigenvalue weighted by atomic mass is 10.0. The number of benzene rings is 2. The molecule has 1 aliphatic rings. The first kappa shape index (κ1) is 14.3. The molecule has 0 fully saturated rings. The summed E-state index contributed by atoms with van der Waals surface area (Å²) >= 11 is 6.17. The molecule has 0 radical (unpaired) electrons. The normalized spacial score (nSPS) is 14.0. The minimum Gasteiger partial charge on any atom is -0.370 e. The van der Waals surface area contributed by atoms with Crippen LogP contribution in [0.1, 0.15) is 18.4 Å². The van der Waals surface area contributed by atoms with E-state index < -0.39 is 0 Å². The standard InChI is InChI=1S/C19H18ClN3/c20-15-9-6-10-16(13-15)23-19-17(11-4-5-12-21-19)18(22-23)14-7-2-1-3-8-14/h1-3,6-10,13,21H,4-5,11-12H2. The van der Waals surface area contributed by atoms with Crippen LogP contribution in [0.15, 0.2) is 54.6 Å². The summed E-state index contributed by atoms with van der Waals surface area (Å²) in [5, 5.41) is 9.19. The summed E-state index contributed by atoms with van der Waals surface area (Å²) in [6, 6.07) is 18.2. The molecule has 23 heavy (non-hydrogen) atoms. The Bertz CT molecular complexity index is 824. The van der Waals surface area contributed by atoms with Crippen LogP contribution in [0.3, 0.4) is 0 Å². The number of hydrogen-bond acceptors (Lipinski definition) is 2. The molecule has 1 aliphatic heterocycles. The predicted molar refractivity (Wildman–Crippen MR) is 95.4 cm³/mol. The summed E-state index contributed by atoms with van der Waals surface area (Å²) in [6.45, 7) is 0.980. The van der Waals surface area contributed by atoms with E-state index in [-0.39, 0.29) is 0 Å². The van der Waals surface area contributed by atoms with Gasteiger partial charge in [-0.1, -0.05) is 48.0 Å². The SMILES string of the molecule is Clc1cccc(-n2nc(-c3ccccc3)c3c2NCCCC3)c1. The van der Waals surface area contributed by atoms with Crippen molar-refractivity contribution >= 4 is 17.4 Å². The molecular formula is C19H18ClN3. The van der Waals surface area contributed by atoms with Crippen molar-refractivity contribution in [1.82, 2.24) is 9.78 Å². The molecule has 0 amide bonds. The van der Waals surface area contributed by atoms with Crippen LogP contribution < -0.4 is 5.32 Å².